The summed E-state index contributed by atoms with van der Waals surface area (Å²) in [6.45, 7) is 8.18. The zero-order valence-electron chi connectivity index (χ0n) is 10.9. The average Bonchev–Trinajstić information content (AvgIpc) is 2.48. The topological polar surface area (TPSA) is 58.6 Å². The van der Waals surface area contributed by atoms with Crippen molar-refractivity contribution in [3.63, 3.8) is 0 Å². The van der Waals surface area contributed by atoms with E-state index in [1.54, 1.807) is 4.90 Å². The predicted molar refractivity (Wildman–Crippen MR) is 70.4 cm³/mol. The third kappa shape index (κ3) is 5.81. The van der Waals surface area contributed by atoms with Gasteiger partial charge in [0.05, 0.1) is 0 Å². The lowest BCUT2D eigenvalue weighted by molar-refractivity contribution is -0.119. The van der Waals surface area contributed by atoms with E-state index in [2.05, 4.69) is 5.32 Å². The van der Waals surface area contributed by atoms with Crippen LogP contribution in [0.2, 0.25) is 0 Å². The minimum Gasteiger partial charge on any atom is -0.444 e. The van der Waals surface area contributed by atoms with Crippen LogP contribution in [0.3, 0.4) is 0 Å². The standard InChI is InChI=1S/C11H20N2O3.H2S/c1-8(14)12-9-5-6-13(7-9)10(15)16-11(2,3)4;/h9H,5-7H2,1-4H3,(H,12,14);1H2/t9-;/m0./s1. The molecule has 17 heavy (non-hydrogen) atoms. The fraction of sp³-hybridized carbons (Fsp3) is 0.818. The number of hydrogen-bond acceptors (Lipinski definition) is 3. The molecule has 1 heterocycles. The minimum absolute atomic E-state index is 0. The lowest BCUT2D eigenvalue weighted by atomic mass is 10.2. The largest absolute Gasteiger partial charge is 0.444 e. The van der Waals surface area contributed by atoms with Crippen LogP contribution in [0.4, 0.5) is 4.79 Å². The van der Waals surface area contributed by atoms with Gasteiger partial charge < -0.3 is 15.0 Å². The highest BCUT2D eigenvalue weighted by Crippen LogP contribution is 2.15. The van der Waals surface area contributed by atoms with Gasteiger partial charge in [0.2, 0.25) is 5.91 Å². The second kappa shape index (κ2) is 6.14. The average molecular weight is 262 g/mol. The molecule has 1 rings (SSSR count). The Morgan fingerprint density at radius 3 is 2.41 bits per heavy atom. The number of ether oxygens (including phenoxy) is 1. The predicted octanol–water partition coefficient (Wildman–Crippen LogP) is 1.24. The van der Waals surface area contributed by atoms with Gasteiger partial charge in [-0.05, 0) is 27.2 Å². The molecule has 0 aliphatic carbocycles. The summed E-state index contributed by atoms with van der Waals surface area (Å²) in [4.78, 5) is 24.2. The Hall–Kier alpha value is -0.910. The lowest BCUT2D eigenvalue weighted by Crippen LogP contribution is -2.39. The van der Waals surface area contributed by atoms with E-state index in [0.29, 0.717) is 13.1 Å². The first-order chi connectivity index (χ1) is 7.28. The Kier molecular flexibility index (Phi) is 5.81. The van der Waals surface area contributed by atoms with E-state index >= 15 is 0 Å². The molecule has 1 N–H and O–H groups in total. The molecule has 0 unspecified atom stereocenters. The van der Waals surface area contributed by atoms with Gasteiger partial charge in [-0.25, -0.2) is 4.79 Å². The van der Waals surface area contributed by atoms with Crippen LogP contribution in [0.1, 0.15) is 34.1 Å². The lowest BCUT2D eigenvalue weighted by Gasteiger charge is -2.24. The van der Waals surface area contributed by atoms with Crippen molar-refractivity contribution in [3.8, 4) is 0 Å². The van der Waals surface area contributed by atoms with Gasteiger partial charge in [-0.2, -0.15) is 13.5 Å². The summed E-state index contributed by atoms with van der Waals surface area (Å²) in [5.41, 5.74) is -0.469. The summed E-state index contributed by atoms with van der Waals surface area (Å²) < 4.78 is 5.25. The number of carbonyl (C=O) groups excluding carboxylic acids is 2. The Morgan fingerprint density at radius 2 is 1.94 bits per heavy atom. The van der Waals surface area contributed by atoms with Crippen LogP contribution in [0.15, 0.2) is 0 Å². The Bertz CT molecular complexity index is 289. The highest BCUT2D eigenvalue weighted by Gasteiger charge is 2.29. The van der Waals surface area contributed by atoms with Crippen molar-refractivity contribution in [3.05, 3.63) is 0 Å². The third-order valence-corrected chi connectivity index (χ3v) is 2.25. The van der Waals surface area contributed by atoms with E-state index in [4.69, 9.17) is 4.74 Å². The van der Waals surface area contributed by atoms with E-state index in [1.807, 2.05) is 20.8 Å². The van der Waals surface area contributed by atoms with Crippen LogP contribution in [0.5, 0.6) is 0 Å². The van der Waals surface area contributed by atoms with Gasteiger partial charge >= 0.3 is 6.09 Å². The number of rotatable bonds is 1. The molecule has 1 aliphatic rings. The quantitative estimate of drug-likeness (QED) is 0.773. The van der Waals surface area contributed by atoms with Crippen molar-refractivity contribution in [2.75, 3.05) is 13.1 Å². The monoisotopic (exact) mass is 262 g/mol. The van der Waals surface area contributed by atoms with E-state index in [9.17, 15) is 9.59 Å². The van der Waals surface area contributed by atoms with Crippen molar-refractivity contribution >= 4 is 25.5 Å². The Morgan fingerprint density at radius 1 is 1.35 bits per heavy atom. The molecule has 0 bridgehead atoms. The van der Waals surface area contributed by atoms with Crippen molar-refractivity contribution < 1.29 is 14.3 Å². The summed E-state index contributed by atoms with van der Waals surface area (Å²) >= 11 is 0. The van der Waals surface area contributed by atoms with Gasteiger partial charge in [0.25, 0.3) is 0 Å². The van der Waals surface area contributed by atoms with Crippen molar-refractivity contribution in [2.24, 2.45) is 0 Å². The highest BCUT2D eigenvalue weighted by atomic mass is 32.1. The van der Waals surface area contributed by atoms with Gasteiger partial charge in [-0.3, -0.25) is 4.79 Å². The van der Waals surface area contributed by atoms with Crippen LogP contribution in [-0.2, 0) is 9.53 Å². The maximum atomic E-state index is 11.7. The molecular weight excluding hydrogens is 240 g/mol. The van der Waals surface area contributed by atoms with Crippen molar-refractivity contribution in [2.45, 2.75) is 45.8 Å². The zero-order valence-corrected chi connectivity index (χ0v) is 11.9. The summed E-state index contributed by atoms with van der Waals surface area (Å²) in [5, 5.41) is 2.80. The molecule has 1 aliphatic heterocycles. The molecule has 6 heteroatoms. The SMILES string of the molecule is CC(=O)N[C@H]1CCN(C(=O)OC(C)(C)C)C1.S. The van der Waals surface area contributed by atoms with E-state index in [-0.39, 0.29) is 31.5 Å². The highest BCUT2D eigenvalue weighted by molar-refractivity contribution is 7.59. The Labute approximate surface area is 109 Å². The molecular formula is C11H22N2O3S. The molecule has 5 nitrogen and oxygen atoms in total. The number of likely N-dealkylation sites (tertiary alicyclic amines) is 1. The zero-order chi connectivity index (χ0) is 12.3. The number of nitrogens with one attached hydrogen (secondary N) is 1. The first kappa shape index (κ1) is 16.1. The van der Waals surface area contributed by atoms with E-state index in [1.165, 1.54) is 6.92 Å². The third-order valence-electron chi connectivity index (χ3n) is 2.25. The van der Waals surface area contributed by atoms with Crippen LogP contribution >= 0.6 is 13.5 Å². The minimum atomic E-state index is -0.469. The summed E-state index contributed by atoms with van der Waals surface area (Å²) in [6, 6.07) is 0.0602. The maximum Gasteiger partial charge on any atom is 0.410 e. The van der Waals surface area contributed by atoms with Crippen LogP contribution in [-0.4, -0.2) is 41.6 Å². The fourth-order valence-electron chi connectivity index (χ4n) is 1.66. The molecule has 1 atom stereocenters. The molecule has 0 aromatic rings. The molecule has 2 amide bonds. The smallest absolute Gasteiger partial charge is 0.410 e. The molecule has 0 radical (unpaired) electrons. The number of amides is 2. The summed E-state index contributed by atoms with van der Waals surface area (Å²) in [7, 11) is 0. The molecule has 1 saturated heterocycles. The van der Waals surface area contributed by atoms with E-state index < -0.39 is 5.60 Å². The second-order valence-corrected chi connectivity index (χ2v) is 5.11. The molecule has 0 aromatic heterocycles. The van der Waals surface area contributed by atoms with Gasteiger partial charge in [0.1, 0.15) is 5.60 Å². The van der Waals surface area contributed by atoms with Gasteiger partial charge in [-0.15, -0.1) is 0 Å². The molecule has 0 aromatic carbocycles. The molecule has 1 fully saturated rings. The van der Waals surface area contributed by atoms with Gasteiger partial charge in [-0.1, -0.05) is 0 Å². The number of carbonyl (C=O) groups is 2. The number of nitrogens with zero attached hydrogens (tertiary/aromatic N) is 1. The van der Waals surface area contributed by atoms with Gasteiger partial charge in [0.15, 0.2) is 0 Å². The first-order valence-electron chi connectivity index (χ1n) is 5.53. The molecule has 100 valence electrons. The van der Waals surface area contributed by atoms with E-state index in [0.717, 1.165) is 6.42 Å². The first-order valence-corrected chi connectivity index (χ1v) is 5.53. The second-order valence-electron chi connectivity index (χ2n) is 5.11. The molecule has 0 spiro atoms. The normalized spacial score (nSPS) is 19.5. The van der Waals surface area contributed by atoms with Gasteiger partial charge in [0, 0.05) is 26.1 Å². The molecule has 0 saturated carbocycles. The summed E-state index contributed by atoms with van der Waals surface area (Å²) in [5.74, 6) is -0.0592. The van der Waals surface area contributed by atoms with Crippen LogP contribution in [0, 0.1) is 0 Å². The van der Waals surface area contributed by atoms with Crippen LogP contribution < -0.4 is 5.32 Å². The van der Waals surface area contributed by atoms with Crippen LogP contribution in [0.25, 0.3) is 0 Å². The fourth-order valence-corrected chi connectivity index (χ4v) is 1.66. The summed E-state index contributed by atoms with van der Waals surface area (Å²) in [6.07, 6.45) is 0.485. The van der Waals surface area contributed by atoms with Crippen molar-refractivity contribution in [1.82, 2.24) is 10.2 Å². The number of hydrogen-bond donors (Lipinski definition) is 1. The Balaban J connectivity index is 0.00000256. The van der Waals surface area contributed by atoms with Crippen molar-refractivity contribution in [1.29, 1.82) is 0 Å². The maximum absolute atomic E-state index is 11.7.